The van der Waals surface area contributed by atoms with Crippen LogP contribution in [0, 0.1) is 20.8 Å². The Hall–Kier alpha value is -2.92. The van der Waals surface area contributed by atoms with Crippen LogP contribution in [0.3, 0.4) is 0 Å². The quantitative estimate of drug-likeness (QED) is 0.453. The summed E-state index contributed by atoms with van der Waals surface area (Å²) in [6, 6.07) is 8.19. The molecule has 0 radical (unpaired) electrons. The molecule has 30 heavy (non-hydrogen) atoms. The lowest BCUT2D eigenvalue weighted by molar-refractivity contribution is 0.524. The molecule has 1 aromatic carbocycles. The third-order valence-electron chi connectivity index (χ3n) is 6.45. The van der Waals surface area contributed by atoms with Crippen LogP contribution >= 0.6 is 0 Å². The summed E-state index contributed by atoms with van der Waals surface area (Å²) in [7, 11) is 0. The van der Waals surface area contributed by atoms with Gasteiger partial charge in [-0.2, -0.15) is 0 Å². The zero-order chi connectivity index (χ0) is 20.8. The van der Waals surface area contributed by atoms with E-state index >= 15 is 0 Å². The molecule has 4 aromatic rings. The number of fused-ring (bicyclic) bond motifs is 2. The Morgan fingerprint density at radius 1 is 1.03 bits per heavy atom. The smallest absolute Gasteiger partial charge is 0.336 e. The molecule has 3 aromatic heterocycles. The molecule has 1 aliphatic rings. The highest BCUT2D eigenvalue weighted by atomic mass is 16.4. The van der Waals surface area contributed by atoms with E-state index in [4.69, 9.17) is 8.83 Å². The maximum atomic E-state index is 12.3. The first-order valence-electron chi connectivity index (χ1n) is 10.7. The van der Waals surface area contributed by atoms with Crippen molar-refractivity contribution in [3.05, 3.63) is 63.3 Å². The molecular formula is C25H26N2O3. The highest BCUT2D eigenvalue weighted by molar-refractivity contribution is 5.97. The molecule has 0 aliphatic heterocycles. The van der Waals surface area contributed by atoms with Crippen LogP contribution in [0.25, 0.3) is 33.3 Å². The summed E-state index contributed by atoms with van der Waals surface area (Å²) >= 11 is 0. The molecule has 1 saturated carbocycles. The first kappa shape index (κ1) is 19.1. The van der Waals surface area contributed by atoms with Gasteiger partial charge in [0.25, 0.3) is 0 Å². The Balaban J connectivity index is 1.63. The molecule has 0 saturated heterocycles. The van der Waals surface area contributed by atoms with Gasteiger partial charge in [0.15, 0.2) is 5.58 Å². The number of pyridine rings is 1. The van der Waals surface area contributed by atoms with Crippen molar-refractivity contribution in [1.29, 1.82) is 0 Å². The number of aryl methyl sites for hydroxylation is 3. The lowest BCUT2D eigenvalue weighted by Crippen LogP contribution is -2.25. The highest BCUT2D eigenvalue weighted by Crippen LogP contribution is 2.35. The van der Waals surface area contributed by atoms with E-state index in [9.17, 15) is 4.79 Å². The van der Waals surface area contributed by atoms with Crippen molar-refractivity contribution in [2.45, 2.75) is 59.0 Å². The first-order valence-corrected chi connectivity index (χ1v) is 10.7. The van der Waals surface area contributed by atoms with E-state index < -0.39 is 0 Å². The minimum absolute atomic E-state index is 0.371. The molecular weight excluding hydrogens is 376 g/mol. The molecule has 5 rings (SSSR count). The van der Waals surface area contributed by atoms with Gasteiger partial charge in [-0.15, -0.1) is 0 Å². The van der Waals surface area contributed by atoms with Crippen LogP contribution in [0.4, 0.5) is 0 Å². The van der Waals surface area contributed by atoms with Gasteiger partial charge in [0, 0.05) is 41.2 Å². The number of benzene rings is 1. The molecule has 5 heteroatoms. The van der Waals surface area contributed by atoms with E-state index in [0.29, 0.717) is 17.4 Å². The number of aromatic nitrogens is 1. The van der Waals surface area contributed by atoms with Crippen LogP contribution in [0.5, 0.6) is 0 Å². The number of hydrogen-bond donors (Lipinski definition) is 1. The van der Waals surface area contributed by atoms with Crippen LogP contribution in [0.1, 0.15) is 48.1 Å². The van der Waals surface area contributed by atoms with Crippen molar-refractivity contribution in [2.24, 2.45) is 0 Å². The average molecular weight is 402 g/mol. The van der Waals surface area contributed by atoms with Gasteiger partial charge in [0.05, 0.1) is 5.69 Å². The van der Waals surface area contributed by atoms with Crippen LogP contribution in [0.15, 0.2) is 44.1 Å². The molecule has 0 spiro atoms. The number of nitrogens with one attached hydrogen (secondary N) is 1. The van der Waals surface area contributed by atoms with Crippen molar-refractivity contribution >= 4 is 21.9 Å². The second kappa shape index (κ2) is 7.40. The van der Waals surface area contributed by atoms with Crippen LogP contribution in [-0.2, 0) is 6.54 Å². The monoisotopic (exact) mass is 402 g/mol. The van der Waals surface area contributed by atoms with Gasteiger partial charge in [0.1, 0.15) is 11.3 Å². The van der Waals surface area contributed by atoms with E-state index in [1.54, 1.807) is 0 Å². The highest BCUT2D eigenvalue weighted by Gasteiger charge is 2.19. The fourth-order valence-electron chi connectivity index (χ4n) is 4.52. The normalized spacial score (nSPS) is 14.9. The first-order chi connectivity index (χ1) is 14.5. The van der Waals surface area contributed by atoms with E-state index in [0.717, 1.165) is 50.8 Å². The van der Waals surface area contributed by atoms with Crippen LogP contribution in [0.2, 0.25) is 0 Å². The summed E-state index contributed by atoms with van der Waals surface area (Å²) in [6.07, 6.45) is 7.02. The molecule has 154 valence electrons. The third-order valence-corrected chi connectivity index (χ3v) is 6.45. The van der Waals surface area contributed by atoms with Gasteiger partial charge in [-0.05, 0) is 56.4 Å². The summed E-state index contributed by atoms with van der Waals surface area (Å²) in [5, 5.41) is 5.60. The second-order valence-corrected chi connectivity index (χ2v) is 8.45. The zero-order valence-corrected chi connectivity index (χ0v) is 17.7. The van der Waals surface area contributed by atoms with Crippen LogP contribution < -0.4 is 10.9 Å². The summed E-state index contributed by atoms with van der Waals surface area (Å²) in [6.45, 7) is 6.71. The SMILES string of the molecule is Cc1ccc2c(-c3cc4c(CNC5CCCC5)cnc(C)c4o3)cc(=O)oc2c1C. The minimum atomic E-state index is -0.371. The van der Waals surface area contributed by atoms with Gasteiger partial charge < -0.3 is 14.2 Å². The molecule has 0 amide bonds. The molecule has 1 N–H and O–H groups in total. The number of furan rings is 1. The zero-order valence-electron chi connectivity index (χ0n) is 17.7. The topological polar surface area (TPSA) is 68.3 Å². The Kier molecular flexibility index (Phi) is 4.70. The maximum Gasteiger partial charge on any atom is 0.336 e. The van der Waals surface area contributed by atoms with E-state index in [1.165, 1.54) is 31.7 Å². The van der Waals surface area contributed by atoms with Crippen molar-refractivity contribution in [2.75, 3.05) is 0 Å². The Bertz CT molecular complexity index is 1310. The lowest BCUT2D eigenvalue weighted by atomic mass is 10.0. The largest absolute Gasteiger partial charge is 0.454 e. The van der Waals surface area contributed by atoms with Gasteiger partial charge >= 0.3 is 5.63 Å². The Morgan fingerprint density at radius 2 is 1.83 bits per heavy atom. The maximum absolute atomic E-state index is 12.3. The molecule has 1 fully saturated rings. The second-order valence-electron chi connectivity index (χ2n) is 8.45. The summed E-state index contributed by atoms with van der Waals surface area (Å²) in [4.78, 5) is 16.9. The summed E-state index contributed by atoms with van der Waals surface area (Å²) < 4.78 is 11.8. The number of nitrogens with zero attached hydrogens (tertiary/aromatic N) is 1. The van der Waals surface area contributed by atoms with E-state index in [-0.39, 0.29) is 5.63 Å². The fourth-order valence-corrected chi connectivity index (χ4v) is 4.52. The average Bonchev–Trinajstić information content (AvgIpc) is 3.41. The van der Waals surface area contributed by atoms with E-state index in [2.05, 4.69) is 10.3 Å². The van der Waals surface area contributed by atoms with E-state index in [1.807, 2.05) is 45.2 Å². The summed E-state index contributed by atoms with van der Waals surface area (Å²) in [5.74, 6) is 0.671. The fraction of sp³-hybridized carbons (Fsp3) is 0.360. The predicted molar refractivity (Wildman–Crippen MR) is 119 cm³/mol. The van der Waals surface area contributed by atoms with Crippen molar-refractivity contribution in [1.82, 2.24) is 10.3 Å². The standard InChI is InChI=1S/C25H26N2O3/c1-14-8-9-19-21(11-23(28)30-24(19)15(14)2)22-10-20-17(12-26-16(3)25(20)29-22)13-27-18-6-4-5-7-18/h8-12,18,27H,4-7,13H2,1-3H3. The minimum Gasteiger partial charge on any atom is -0.454 e. The third kappa shape index (κ3) is 3.23. The lowest BCUT2D eigenvalue weighted by Gasteiger charge is -2.12. The molecule has 3 heterocycles. The van der Waals surface area contributed by atoms with Crippen molar-refractivity contribution < 1.29 is 8.83 Å². The Morgan fingerprint density at radius 3 is 2.63 bits per heavy atom. The van der Waals surface area contributed by atoms with Gasteiger partial charge in [-0.1, -0.05) is 25.0 Å². The molecule has 1 aliphatic carbocycles. The number of rotatable bonds is 4. The van der Waals surface area contributed by atoms with Crippen molar-refractivity contribution in [3.63, 3.8) is 0 Å². The van der Waals surface area contributed by atoms with Gasteiger partial charge in [-0.3, -0.25) is 4.98 Å². The predicted octanol–water partition coefficient (Wildman–Crippen LogP) is 5.56. The molecule has 0 atom stereocenters. The van der Waals surface area contributed by atoms with Gasteiger partial charge in [-0.25, -0.2) is 4.79 Å². The summed E-state index contributed by atoms with van der Waals surface area (Å²) in [5.41, 5.74) is 5.82. The number of hydrogen-bond acceptors (Lipinski definition) is 5. The molecule has 0 bridgehead atoms. The molecule has 5 nitrogen and oxygen atoms in total. The Labute approximate surface area is 175 Å². The van der Waals surface area contributed by atoms with Gasteiger partial charge in [0.2, 0.25) is 0 Å². The van der Waals surface area contributed by atoms with Crippen LogP contribution in [-0.4, -0.2) is 11.0 Å². The van der Waals surface area contributed by atoms with Crippen molar-refractivity contribution in [3.8, 4) is 11.3 Å². The molecule has 0 unspecified atom stereocenters.